The summed E-state index contributed by atoms with van der Waals surface area (Å²) >= 11 is 6.23. The highest BCUT2D eigenvalue weighted by molar-refractivity contribution is 6.33. The van der Waals surface area contributed by atoms with E-state index in [1.165, 1.54) is 0 Å². The lowest BCUT2D eigenvalue weighted by molar-refractivity contribution is -0.133. The molecule has 1 aromatic heterocycles. The minimum Gasteiger partial charge on any atom is -0.467 e. The van der Waals surface area contributed by atoms with Gasteiger partial charge in [0.05, 0.1) is 35.9 Å². The summed E-state index contributed by atoms with van der Waals surface area (Å²) in [5, 5.41) is 3.37. The zero-order valence-corrected chi connectivity index (χ0v) is 19.3. The Bertz CT molecular complexity index is 1210. The predicted molar refractivity (Wildman–Crippen MR) is 132 cm³/mol. The fourth-order valence-corrected chi connectivity index (χ4v) is 3.97. The van der Waals surface area contributed by atoms with Crippen LogP contribution in [0, 0.1) is 0 Å². The van der Waals surface area contributed by atoms with Gasteiger partial charge in [-0.1, -0.05) is 84.4 Å². The van der Waals surface area contributed by atoms with Gasteiger partial charge in [-0.3, -0.25) is 9.59 Å². The van der Waals surface area contributed by atoms with Gasteiger partial charge in [-0.05, 0) is 35.4 Å². The molecule has 2 amide bonds. The van der Waals surface area contributed by atoms with E-state index in [2.05, 4.69) is 5.32 Å². The Morgan fingerprint density at radius 3 is 2.18 bits per heavy atom. The number of carbonyl (C=O) groups is 2. The Labute approximate surface area is 204 Å². The maximum atomic E-state index is 13.5. The van der Waals surface area contributed by atoms with E-state index in [1.807, 2.05) is 66.7 Å². The largest absolute Gasteiger partial charge is 0.467 e. The topological polar surface area (TPSA) is 62.6 Å². The molecule has 0 radical (unpaired) electrons. The number of amides is 2. The van der Waals surface area contributed by atoms with Crippen molar-refractivity contribution in [2.45, 2.75) is 25.6 Å². The summed E-state index contributed by atoms with van der Waals surface area (Å²) in [6.07, 6.45) is 1.69. The number of carbonyl (C=O) groups excluding carboxylic acids is 2. The zero-order chi connectivity index (χ0) is 23.8. The average Bonchev–Trinajstić information content (AvgIpc) is 3.38. The van der Waals surface area contributed by atoms with Gasteiger partial charge in [0.25, 0.3) is 5.91 Å². The highest BCUT2D eigenvalue weighted by atomic mass is 35.5. The minimum absolute atomic E-state index is 0.0910. The van der Waals surface area contributed by atoms with Crippen molar-refractivity contribution < 1.29 is 14.0 Å². The van der Waals surface area contributed by atoms with Gasteiger partial charge in [0.2, 0.25) is 5.91 Å². The van der Waals surface area contributed by atoms with E-state index in [1.54, 1.807) is 41.5 Å². The summed E-state index contributed by atoms with van der Waals surface area (Å²) in [5.74, 6) is 0.266. The summed E-state index contributed by atoms with van der Waals surface area (Å²) in [5.41, 5.74) is 2.22. The van der Waals surface area contributed by atoms with Gasteiger partial charge < -0.3 is 14.6 Å². The minimum atomic E-state index is -0.521. The van der Waals surface area contributed by atoms with Gasteiger partial charge in [-0.25, -0.2) is 0 Å². The van der Waals surface area contributed by atoms with Gasteiger partial charge in [-0.2, -0.15) is 0 Å². The van der Waals surface area contributed by atoms with Crippen molar-refractivity contribution in [2.75, 3.05) is 0 Å². The van der Waals surface area contributed by atoms with Gasteiger partial charge in [0.1, 0.15) is 5.76 Å². The molecule has 0 bridgehead atoms. The van der Waals surface area contributed by atoms with Crippen LogP contribution in [0.4, 0.5) is 0 Å². The Kier molecular flexibility index (Phi) is 7.79. The molecule has 0 fully saturated rings. The molecule has 172 valence electrons. The van der Waals surface area contributed by atoms with Gasteiger partial charge in [-0.15, -0.1) is 0 Å². The van der Waals surface area contributed by atoms with Crippen LogP contribution in [0.1, 0.15) is 39.7 Å². The molecule has 4 aromatic rings. The maximum Gasteiger partial charge on any atom is 0.253 e. The average molecular weight is 473 g/mol. The molecule has 5 nitrogen and oxygen atoms in total. The van der Waals surface area contributed by atoms with Crippen molar-refractivity contribution in [3.8, 4) is 0 Å². The highest BCUT2D eigenvalue weighted by Crippen LogP contribution is 2.22. The second kappa shape index (κ2) is 11.3. The molecule has 0 aliphatic rings. The molecule has 4 rings (SSSR count). The second-order valence-electron chi connectivity index (χ2n) is 7.94. The number of hydrogen-bond acceptors (Lipinski definition) is 3. The SMILES string of the molecule is O=C(NC(CC(=O)N(Cc1ccccc1)Cc1ccco1)c1ccccc1)c1ccccc1Cl. The lowest BCUT2D eigenvalue weighted by Gasteiger charge is -2.26. The number of hydrogen-bond donors (Lipinski definition) is 1. The molecule has 1 atom stereocenters. The highest BCUT2D eigenvalue weighted by Gasteiger charge is 2.24. The molecule has 0 aliphatic carbocycles. The first-order valence-corrected chi connectivity index (χ1v) is 11.4. The van der Waals surface area contributed by atoms with Crippen molar-refractivity contribution in [3.63, 3.8) is 0 Å². The van der Waals surface area contributed by atoms with E-state index in [0.29, 0.717) is 29.4 Å². The first-order valence-electron chi connectivity index (χ1n) is 11.0. The molecule has 0 saturated carbocycles. The summed E-state index contributed by atoms with van der Waals surface area (Å²) in [4.78, 5) is 28.3. The molecule has 6 heteroatoms. The van der Waals surface area contributed by atoms with Crippen LogP contribution in [-0.2, 0) is 17.9 Å². The zero-order valence-electron chi connectivity index (χ0n) is 18.6. The van der Waals surface area contributed by atoms with Crippen molar-refractivity contribution in [1.82, 2.24) is 10.2 Å². The normalized spacial score (nSPS) is 11.6. The van der Waals surface area contributed by atoms with Crippen LogP contribution in [0.25, 0.3) is 0 Å². The van der Waals surface area contributed by atoms with Crippen LogP contribution in [0.3, 0.4) is 0 Å². The molecule has 34 heavy (non-hydrogen) atoms. The summed E-state index contributed by atoms with van der Waals surface area (Å²) in [6.45, 7) is 0.765. The Balaban J connectivity index is 1.57. The molecular weight excluding hydrogens is 448 g/mol. The fourth-order valence-electron chi connectivity index (χ4n) is 3.75. The van der Waals surface area contributed by atoms with E-state index in [4.69, 9.17) is 16.0 Å². The monoisotopic (exact) mass is 472 g/mol. The Morgan fingerprint density at radius 1 is 0.824 bits per heavy atom. The van der Waals surface area contributed by atoms with Crippen molar-refractivity contribution >= 4 is 23.4 Å². The number of nitrogens with zero attached hydrogens (tertiary/aromatic N) is 1. The van der Waals surface area contributed by atoms with Crippen LogP contribution in [0.5, 0.6) is 0 Å². The van der Waals surface area contributed by atoms with Crippen molar-refractivity contribution in [3.05, 3.63) is 131 Å². The number of furan rings is 1. The standard InChI is InChI=1S/C28H25ClN2O3/c29-25-16-8-7-15-24(25)28(33)30-26(22-12-5-2-6-13-22)18-27(32)31(20-23-14-9-17-34-23)19-21-10-3-1-4-11-21/h1-17,26H,18-20H2,(H,30,33). The summed E-state index contributed by atoms with van der Waals surface area (Å²) in [7, 11) is 0. The van der Waals surface area contributed by atoms with E-state index in [0.717, 1.165) is 11.1 Å². The van der Waals surface area contributed by atoms with Crippen LogP contribution in [-0.4, -0.2) is 16.7 Å². The molecular formula is C28H25ClN2O3. The smallest absolute Gasteiger partial charge is 0.253 e. The first kappa shape index (κ1) is 23.3. The van der Waals surface area contributed by atoms with E-state index in [-0.39, 0.29) is 18.2 Å². The summed E-state index contributed by atoms with van der Waals surface area (Å²) in [6, 6.07) is 29.3. The summed E-state index contributed by atoms with van der Waals surface area (Å²) < 4.78 is 5.50. The third-order valence-corrected chi connectivity index (χ3v) is 5.83. The number of rotatable bonds is 9. The fraction of sp³-hybridized carbons (Fsp3) is 0.143. The Hall–Kier alpha value is -3.83. The molecule has 1 heterocycles. The number of benzene rings is 3. The first-order chi connectivity index (χ1) is 16.6. The van der Waals surface area contributed by atoms with Crippen LogP contribution in [0.2, 0.25) is 5.02 Å². The van der Waals surface area contributed by atoms with Crippen molar-refractivity contribution in [1.29, 1.82) is 0 Å². The number of nitrogens with one attached hydrogen (secondary N) is 1. The molecule has 1 unspecified atom stereocenters. The van der Waals surface area contributed by atoms with Gasteiger partial charge in [0, 0.05) is 6.54 Å². The third-order valence-electron chi connectivity index (χ3n) is 5.50. The van der Waals surface area contributed by atoms with E-state index < -0.39 is 6.04 Å². The molecule has 3 aromatic carbocycles. The van der Waals surface area contributed by atoms with Crippen LogP contribution in [0.15, 0.2) is 108 Å². The maximum absolute atomic E-state index is 13.5. The van der Waals surface area contributed by atoms with Gasteiger partial charge in [0.15, 0.2) is 0 Å². The lowest BCUT2D eigenvalue weighted by Crippen LogP contribution is -2.36. The van der Waals surface area contributed by atoms with E-state index >= 15 is 0 Å². The van der Waals surface area contributed by atoms with Crippen molar-refractivity contribution in [2.24, 2.45) is 0 Å². The quantitative estimate of drug-likeness (QED) is 0.324. The third kappa shape index (κ3) is 6.15. The molecule has 0 saturated heterocycles. The van der Waals surface area contributed by atoms with Crippen LogP contribution >= 0.6 is 11.6 Å². The molecule has 0 spiro atoms. The predicted octanol–water partition coefficient (Wildman–Crippen LogP) is 6.02. The molecule has 1 N–H and O–H groups in total. The Morgan fingerprint density at radius 2 is 1.50 bits per heavy atom. The van der Waals surface area contributed by atoms with Crippen LogP contribution < -0.4 is 5.32 Å². The molecule has 0 aliphatic heterocycles. The number of halogens is 1. The second-order valence-corrected chi connectivity index (χ2v) is 8.34. The van der Waals surface area contributed by atoms with Gasteiger partial charge >= 0.3 is 0 Å². The van der Waals surface area contributed by atoms with E-state index in [9.17, 15) is 9.59 Å². The lowest BCUT2D eigenvalue weighted by atomic mass is 10.0.